The number of hydrogen-bond acceptors (Lipinski definition) is 3. The Morgan fingerprint density at radius 2 is 1.89 bits per heavy atom. The lowest BCUT2D eigenvalue weighted by Gasteiger charge is -2.35. The van der Waals surface area contributed by atoms with Gasteiger partial charge in [-0.05, 0) is 41.6 Å². The molecule has 1 aliphatic heterocycles. The van der Waals surface area contributed by atoms with Crippen LogP contribution in [0.25, 0.3) is 10.8 Å². The van der Waals surface area contributed by atoms with E-state index >= 15 is 0 Å². The molecule has 2 aromatic carbocycles. The summed E-state index contributed by atoms with van der Waals surface area (Å²) in [6.07, 6.45) is 0. The van der Waals surface area contributed by atoms with Crippen molar-refractivity contribution in [2.75, 3.05) is 27.2 Å². The van der Waals surface area contributed by atoms with Crippen molar-refractivity contribution in [3.8, 4) is 5.75 Å². The molecule has 0 radical (unpaired) electrons. The second-order valence-corrected chi connectivity index (χ2v) is 5.27. The van der Waals surface area contributed by atoms with E-state index < -0.39 is 0 Å². The van der Waals surface area contributed by atoms with Gasteiger partial charge in [-0.2, -0.15) is 0 Å². The van der Waals surface area contributed by atoms with Crippen molar-refractivity contribution in [2.24, 2.45) is 0 Å². The van der Waals surface area contributed by atoms with Crippen LogP contribution in [0.15, 0.2) is 36.4 Å². The monoisotopic (exact) mass is 256 g/mol. The molecule has 0 spiro atoms. The topological polar surface area (TPSA) is 24.5 Å². The van der Waals surface area contributed by atoms with E-state index in [9.17, 15) is 0 Å². The minimum Gasteiger partial charge on any atom is -0.497 e. The van der Waals surface area contributed by atoms with Gasteiger partial charge in [-0.15, -0.1) is 0 Å². The zero-order valence-corrected chi connectivity index (χ0v) is 11.5. The number of nitrogens with one attached hydrogen (secondary N) is 1. The zero-order valence-electron chi connectivity index (χ0n) is 11.5. The fourth-order valence-corrected chi connectivity index (χ4v) is 2.50. The fraction of sp³-hybridized carbons (Fsp3) is 0.375. The number of hydrogen-bond donors (Lipinski definition) is 1. The molecule has 100 valence electrons. The van der Waals surface area contributed by atoms with Gasteiger partial charge in [-0.1, -0.05) is 18.2 Å². The summed E-state index contributed by atoms with van der Waals surface area (Å²) in [6, 6.07) is 13.6. The molecular formula is C16H20N2O. The first-order chi connectivity index (χ1) is 9.26. The molecule has 1 heterocycles. The van der Waals surface area contributed by atoms with E-state index in [-0.39, 0.29) is 0 Å². The van der Waals surface area contributed by atoms with Crippen LogP contribution in [0.4, 0.5) is 0 Å². The Hall–Kier alpha value is -1.58. The first-order valence-electron chi connectivity index (χ1n) is 6.74. The maximum absolute atomic E-state index is 5.26. The summed E-state index contributed by atoms with van der Waals surface area (Å²) in [6.45, 7) is 3.23. The highest BCUT2D eigenvalue weighted by molar-refractivity contribution is 5.84. The van der Waals surface area contributed by atoms with E-state index in [1.165, 1.54) is 16.3 Å². The summed E-state index contributed by atoms with van der Waals surface area (Å²) in [5, 5.41) is 5.82. The third-order valence-corrected chi connectivity index (χ3v) is 3.93. The first kappa shape index (κ1) is 12.5. The van der Waals surface area contributed by atoms with Crippen LogP contribution in [-0.4, -0.2) is 38.2 Å². The molecule has 0 amide bonds. The predicted octanol–water partition coefficient (Wildman–Crippen LogP) is 2.25. The fourth-order valence-electron chi connectivity index (χ4n) is 2.50. The maximum atomic E-state index is 5.26. The summed E-state index contributed by atoms with van der Waals surface area (Å²) in [7, 11) is 3.90. The Bertz CT molecular complexity index is 578. The quantitative estimate of drug-likeness (QED) is 0.908. The molecule has 2 aromatic rings. The predicted molar refractivity (Wildman–Crippen MR) is 78.6 cm³/mol. The van der Waals surface area contributed by atoms with Gasteiger partial charge >= 0.3 is 0 Å². The van der Waals surface area contributed by atoms with Crippen molar-refractivity contribution in [1.29, 1.82) is 0 Å². The molecule has 0 aliphatic carbocycles. The van der Waals surface area contributed by atoms with E-state index in [1.54, 1.807) is 7.11 Å². The van der Waals surface area contributed by atoms with Gasteiger partial charge in [-0.3, -0.25) is 4.90 Å². The van der Waals surface area contributed by atoms with Crippen LogP contribution in [-0.2, 0) is 6.54 Å². The molecule has 1 aliphatic rings. The Morgan fingerprint density at radius 1 is 1.16 bits per heavy atom. The van der Waals surface area contributed by atoms with Gasteiger partial charge in [0.2, 0.25) is 0 Å². The van der Waals surface area contributed by atoms with Crippen LogP contribution in [0.2, 0.25) is 0 Å². The average Bonchev–Trinajstić information content (AvgIpc) is 2.36. The Morgan fingerprint density at radius 3 is 2.58 bits per heavy atom. The third kappa shape index (κ3) is 2.57. The molecule has 1 saturated heterocycles. The number of methoxy groups -OCH3 is 1. The van der Waals surface area contributed by atoms with Gasteiger partial charge in [-0.25, -0.2) is 0 Å². The van der Waals surface area contributed by atoms with Crippen molar-refractivity contribution < 1.29 is 4.74 Å². The second-order valence-electron chi connectivity index (χ2n) is 5.27. The molecule has 0 saturated carbocycles. The van der Waals surface area contributed by atoms with E-state index in [2.05, 4.69) is 47.6 Å². The van der Waals surface area contributed by atoms with E-state index in [4.69, 9.17) is 4.74 Å². The van der Waals surface area contributed by atoms with Crippen LogP contribution in [0.3, 0.4) is 0 Å². The largest absolute Gasteiger partial charge is 0.497 e. The van der Waals surface area contributed by atoms with Gasteiger partial charge in [0, 0.05) is 25.7 Å². The molecule has 0 bridgehead atoms. The first-order valence-corrected chi connectivity index (χ1v) is 6.74. The van der Waals surface area contributed by atoms with Gasteiger partial charge in [0.25, 0.3) is 0 Å². The standard InChI is InChI=1S/C16H20N2O/c1-18(15-9-17-10-15)11-12-3-4-14-8-16(19-2)6-5-13(14)7-12/h3-8,15,17H,9-11H2,1-2H3. The third-order valence-electron chi connectivity index (χ3n) is 3.93. The summed E-state index contributed by atoms with van der Waals surface area (Å²) >= 11 is 0. The van der Waals surface area contributed by atoms with Crippen LogP contribution >= 0.6 is 0 Å². The number of ether oxygens (including phenoxy) is 1. The molecule has 3 rings (SSSR count). The summed E-state index contributed by atoms with van der Waals surface area (Å²) in [5.74, 6) is 0.915. The lowest BCUT2D eigenvalue weighted by atomic mass is 10.1. The average molecular weight is 256 g/mol. The van der Waals surface area contributed by atoms with Crippen LogP contribution in [0, 0.1) is 0 Å². The SMILES string of the molecule is COc1ccc2cc(CN(C)C3CNC3)ccc2c1. The lowest BCUT2D eigenvalue weighted by molar-refractivity contribution is 0.173. The Labute approximate surface area is 114 Å². The van der Waals surface area contributed by atoms with Gasteiger partial charge in [0.05, 0.1) is 7.11 Å². The van der Waals surface area contributed by atoms with E-state index in [0.29, 0.717) is 6.04 Å². The minimum atomic E-state index is 0.687. The maximum Gasteiger partial charge on any atom is 0.119 e. The van der Waals surface area contributed by atoms with Crippen LogP contribution in [0.1, 0.15) is 5.56 Å². The normalized spacial score (nSPS) is 15.7. The number of benzene rings is 2. The van der Waals surface area contributed by atoms with Crippen molar-refractivity contribution in [1.82, 2.24) is 10.2 Å². The highest BCUT2D eigenvalue weighted by atomic mass is 16.5. The molecule has 0 unspecified atom stereocenters. The summed E-state index contributed by atoms with van der Waals surface area (Å²) in [4.78, 5) is 2.42. The molecule has 3 nitrogen and oxygen atoms in total. The van der Waals surface area contributed by atoms with Crippen molar-refractivity contribution in [3.63, 3.8) is 0 Å². The molecule has 1 fully saturated rings. The minimum absolute atomic E-state index is 0.687. The van der Waals surface area contributed by atoms with Gasteiger partial charge in [0.15, 0.2) is 0 Å². The molecule has 19 heavy (non-hydrogen) atoms. The van der Waals surface area contributed by atoms with E-state index in [0.717, 1.165) is 25.4 Å². The number of likely N-dealkylation sites (N-methyl/N-ethyl adjacent to an activating group) is 1. The molecule has 0 atom stereocenters. The zero-order chi connectivity index (χ0) is 13.2. The number of nitrogens with zero attached hydrogens (tertiary/aromatic N) is 1. The van der Waals surface area contributed by atoms with Crippen molar-refractivity contribution in [3.05, 3.63) is 42.0 Å². The highest BCUT2D eigenvalue weighted by Crippen LogP contribution is 2.22. The molecular weight excluding hydrogens is 236 g/mol. The lowest BCUT2D eigenvalue weighted by Crippen LogP contribution is -2.55. The molecule has 1 N–H and O–H groups in total. The Balaban J connectivity index is 1.80. The van der Waals surface area contributed by atoms with Crippen LogP contribution in [0.5, 0.6) is 5.75 Å². The summed E-state index contributed by atoms with van der Waals surface area (Å²) < 4.78 is 5.26. The highest BCUT2D eigenvalue weighted by Gasteiger charge is 2.21. The van der Waals surface area contributed by atoms with Gasteiger partial charge < -0.3 is 10.1 Å². The molecule has 0 aromatic heterocycles. The number of fused-ring (bicyclic) bond motifs is 1. The van der Waals surface area contributed by atoms with Crippen molar-refractivity contribution in [2.45, 2.75) is 12.6 Å². The number of rotatable bonds is 4. The summed E-state index contributed by atoms with van der Waals surface area (Å²) in [5.41, 5.74) is 1.37. The smallest absolute Gasteiger partial charge is 0.119 e. The van der Waals surface area contributed by atoms with Gasteiger partial charge in [0.1, 0.15) is 5.75 Å². The van der Waals surface area contributed by atoms with E-state index in [1.807, 2.05) is 6.07 Å². The molecule has 3 heteroatoms. The Kier molecular flexibility index (Phi) is 3.40. The van der Waals surface area contributed by atoms with Crippen LogP contribution < -0.4 is 10.1 Å². The van der Waals surface area contributed by atoms with Crippen molar-refractivity contribution >= 4 is 10.8 Å². The second kappa shape index (κ2) is 5.19.